The summed E-state index contributed by atoms with van der Waals surface area (Å²) in [5.74, 6) is 1.96. The van der Waals surface area contributed by atoms with Gasteiger partial charge in [0.05, 0.1) is 0 Å². The zero-order chi connectivity index (χ0) is 30.1. The van der Waals surface area contributed by atoms with Gasteiger partial charge in [0, 0.05) is 26.6 Å². The number of rotatable bonds is 7. The van der Waals surface area contributed by atoms with Crippen molar-refractivity contribution in [1.82, 2.24) is 0 Å². The smallest absolute Gasteiger partial charge is 0.0283 e. The van der Waals surface area contributed by atoms with E-state index in [9.17, 15) is 0 Å². The van der Waals surface area contributed by atoms with E-state index in [1.165, 1.54) is 48.7 Å². The van der Waals surface area contributed by atoms with Gasteiger partial charge in [-0.05, 0) is 78.8 Å². The average molecular weight is 640 g/mol. The van der Waals surface area contributed by atoms with Crippen LogP contribution in [0.5, 0.6) is 0 Å². The summed E-state index contributed by atoms with van der Waals surface area (Å²) in [6, 6.07) is 21.6. The van der Waals surface area contributed by atoms with Gasteiger partial charge >= 0.3 is 0 Å². The second-order valence-electron chi connectivity index (χ2n) is 15.4. The van der Waals surface area contributed by atoms with Crippen LogP contribution in [0.15, 0.2) is 64.4 Å². The first kappa shape index (κ1) is 33.3. The quantitative estimate of drug-likeness (QED) is 0.186. The molecule has 3 aromatic carbocycles. The van der Waals surface area contributed by atoms with Crippen LogP contribution in [-0.4, -0.2) is 0 Å². The lowest BCUT2D eigenvalue weighted by molar-refractivity contribution is 0.567. The van der Waals surface area contributed by atoms with Crippen LogP contribution in [-0.2, 0) is 38.5 Å². The normalized spacial score (nSPS) is 13.1. The number of hydrogen-bond acceptors (Lipinski definition) is 2. The van der Waals surface area contributed by atoms with Gasteiger partial charge in [0.15, 0.2) is 0 Å². The minimum atomic E-state index is 0.136. The van der Waals surface area contributed by atoms with E-state index in [0.717, 1.165) is 16.8 Å². The number of thioether (sulfide) groups is 2. The fourth-order valence-corrected chi connectivity index (χ4v) is 6.78. The molecule has 0 radical (unpaired) electrons. The molecule has 0 aromatic heterocycles. The SMILES string of the molecule is CC(C)(C)c1cc(CSc2cc(CBr)cc(SCc3cc(C(C)(C)C)cc(C(C)(C)C)c3)c2)cc(C(C)(C)C)c1. The van der Waals surface area contributed by atoms with Crippen LogP contribution >= 0.6 is 39.5 Å². The van der Waals surface area contributed by atoms with E-state index in [-0.39, 0.29) is 21.7 Å². The maximum atomic E-state index is 3.72. The molecule has 0 N–H and O–H groups in total. The van der Waals surface area contributed by atoms with Crippen molar-refractivity contribution >= 4 is 39.5 Å². The van der Waals surface area contributed by atoms with E-state index in [0.29, 0.717) is 0 Å². The monoisotopic (exact) mass is 638 g/mol. The Morgan fingerprint density at radius 3 is 0.975 bits per heavy atom. The topological polar surface area (TPSA) is 0 Å². The highest BCUT2D eigenvalue weighted by Gasteiger charge is 2.22. The second kappa shape index (κ2) is 12.6. The lowest BCUT2D eigenvalue weighted by Crippen LogP contribution is -2.17. The lowest BCUT2D eigenvalue weighted by Gasteiger charge is -2.26. The van der Waals surface area contributed by atoms with E-state index < -0.39 is 0 Å². The van der Waals surface area contributed by atoms with Crippen molar-refractivity contribution in [3.05, 3.63) is 93.5 Å². The average Bonchev–Trinajstić information content (AvgIpc) is 2.83. The lowest BCUT2D eigenvalue weighted by atomic mass is 9.80. The third-order valence-electron chi connectivity index (χ3n) is 7.35. The highest BCUT2D eigenvalue weighted by atomic mass is 79.9. The van der Waals surface area contributed by atoms with Gasteiger partial charge in [0.25, 0.3) is 0 Å². The minimum Gasteiger partial charge on any atom is -0.121 e. The predicted octanol–water partition coefficient (Wildman–Crippen LogP) is 12.4. The minimum absolute atomic E-state index is 0.136. The van der Waals surface area contributed by atoms with Crippen LogP contribution in [0.1, 0.15) is 122 Å². The van der Waals surface area contributed by atoms with Crippen LogP contribution in [0.25, 0.3) is 0 Å². The molecule has 3 aromatic rings. The molecule has 0 spiro atoms. The van der Waals surface area contributed by atoms with Gasteiger partial charge in [-0.25, -0.2) is 0 Å². The van der Waals surface area contributed by atoms with Gasteiger partial charge in [0.2, 0.25) is 0 Å². The maximum Gasteiger partial charge on any atom is 0.0283 e. The van der Waals surface area contributed by atoms with E-state index in [4.69, 9.17) is 0 Å². The Bertz CT molecular complexity index is 1150. The summed E-state index contributed by atoms with van der Waals surface area (Å²) in [5.41, 5.74) is 10.4. The number of hydrogen-bond donors (Lipinski definition) is 0. The molecular formula is C37H51BrS2. The number of benzene rings is 3. The molecule has 3 rings (SSSR count). The molecule has 0 aliphatic rings. The molecule has 0 fully saturated rings. The molecule has 3 heteroatoms. The van der Waals surface area contributed by atoms with E-state index >= 15 is 0 Å². The van der Waals surface area contributed by atoms with Crippen LogP contribution in [0.4, 0.5) is 0 Å². The first-order valence-electron chi connectivity index (χ1n) is 14.5. The molecule has 0 aliphatic heterocycles. The molecule has 0 unspecified atom stereocenters. The van der Waals surface area contributed by atoms with Crippen molar-refractivity contribution in [3.63, 3.8) is 0 Å². The molecule has 0 saturated heterocycles. The largest absolute Gasteiger partial charge is 0.121 e. The Balaban J connectivity index is 1.85. The summed E-state index contributed by atoms with van der Waals surface area (Å²) in [5, 5.41) is 0.871. The predicted molar refractivity (Wildman–Crippen MR) is 186 cm³/mol. The van der Waals surface area contributed by atoms with Crippen molar-refractivity contribution < 1.29 is 0 Å². The van der Waals surface area contributed by atoms with Gasteiger partial charge in [-0.1, -0.05) is 135 Å². The molecule has 0 atom stereocenters. The van der Waals surface area contributed by atoms with Crippen LogP contribution in [0, 0.1) is 0 Å². The number of halogens is 1. The van der Waals surface area contributed by atoms with Crippen molar-refractivity contribution in [2.24, 2.45) is 0 Å². The molecule has 0 heterocycles. The third-order valence-corrected chi connectivity index (χ3v) is 10.1. The van der Waals surface area contributed by atoms with Gasteiger partial charge in [-0.15, -0.1) is 23.5 Å². The summed E-state index contributed by atoms with van der Waals surface area (Å²) in [7, 11) is 0. The summed E-state index contributed by atoms with van der Waals surface area (Å²) in [6.07, 6.45) is 0. The highest BCUT2D eigenvalue weighted by molar-refractivity contribution is 9.08. The summed E-state index contributed by atoms with van der Waals surface area (Å²) in [6.45, 7) is 27.8. The fourth-order valence-electron chi connectivity index (χ4n) is 4.49. The molecule has 0 saturated carbocycles. The molecule has 218 valence electrons. The van der Waals surface area contributed by atoms with E-state index in [1.807, 2.05) is 23.5 Å². The maximum absolute atomic E-state index is 3.72. The Morgan fingerprint density at radius 1 is 0.425 bits per heavy atom. The van der Waals surface area contributed by atoms with Crippen LogP contribution < -0.4 is 0 Å². The van der Waals surface area contributed by atoms with Gasteiger partial charge in [-0.2, -0.15) is 0 Å². The number of alkyl halides is 1. The standard InChI is InChI=1S/C37H51BrS2/c1-34(2,3)28-13-26(14-29(19-28)35(4,5)6)23-39-32-17-25(22-38)18-33(21-32)40-24-27-15-30(36(7,8)9)20-31(16-27)37(10,11)12/h13-21H,22-24H2,1-12H3. The van der Waals surface area contributed by atoms with Crippen molar-refractivity contribution in [2.75, 3.05) is 0 Å². The highest BCUT2D eigenvalue weighted by Crippen LogP contribution is 2.36. The molecule has 0 aliphatic carbocycles. The third kappa shape index (κ3) is 9.43. The summed E-state index contributed by atoms with van der Waals surface area (Å²) in [4.78, 5) is 2.69. The van der Waals surface area contributed by atoms with Gasteiger partial charge in [0.1, 0.15) is 0 Å². The van der Waals surface area contributed by atoms with Crippen molar-refractivity contribution in [2.45, 2.75) is 131 Å². The summed E-state index contributed by atoms with van der Waals surface area (Å²) >= 11 is 7.63. The second-order valence-corrected chi connectivity index (χ2v) is 18.0. The Labute approximate surface area is 263 Å². The fraction of sp³-hybridized carbons (Fsp3) is 0.514. The van der Waals surface area contributed by atoms with Gasteiger partial charge in [-0.3, -0.25) is 0 Å². The Kier molecular flexibility index (Phi) is 10.5. The molecule has 0 amide bonds. The van der Waals surface area contributed by atoms with Crippen LogP contribution in [0.3, 0.4) is 0 Å². The van der Waals surface area contributed by atoms with Gasteiger partial charge < -0.3 is 0 Å². The first-order valence-corrected chi connectivity index (χ1v) is 17.6. The molecular weight excluding hydrogens is 588 g/mol. The molecule has 40 heavy (non-hydrogen) atoms. The molecule has 0 nitrogen and oxygen atoms in total. The van der Waals surface area contributed by atoms with E-state index in [1.54, 1.807) is 0 Å². The zero-order valence-electron chi connectivity index (χ0n) is 27.0. The Hall–Kier alpha value is -1.16. The summed E-state index contributed by atoms with van der Waals surface area (Å²) < 4.78 is 0. The van der Waals surface area contributed by atoms with Crippen LogP contribution in [0.2, 0.25) is 0 Å². The van der Waals surface area contributed by atoms with E-state index in [2.05, 4.69) is 154 Å². The van der Waals surface area contributed by atoms with Crippen molar-refractivity contribution in [3.8, 4) is 0 Å². The van der Waals surface area contributed by atoms with Crippen molar-refractivity contribution in [1.29, 1.82) is 0 Å². The molecule has 0 bridgehead atoms. The zero-order valence-corrected chi connectivity index (χ0v) is 30.2. The Morgan fingerprint density at radius 2 is 0.725 bits per heavy atom. The first-order chi connectivity index (χ1) is 18.3.